The van der Waals surface area contributed by atoms with E-state index in [1.807, 2.05) is 6.92 Å². The molecule has 5 aliphatic carbocycles. The molecule has 4 saturated carbocycles. The molecule has 314 valence electrons. The number of hydrogen-bond acceptors (Lipinski definition) is 13. The molecule has 2 bridgehead atoms. The summed E-state index contributed by atoms with van der Waals surface area (Å²) in [4.78, 5) is 0. The Labute approximate surface area is 325 Å². The van der Waals surface area contributed by atoms with E-state index in [0.717, 1.165) is 38.5 Å². The number of ether oxygens (including phenoxy) is 5. The molecule has 0 aromatic rings. The Hall–Kier alpha value is -0.780. The maximum atomic E-state index is 12.1. The Balaban J connectivity index is 1.03. The molecule has 8 aliphatic rings. The summed E-state index contributed by atoms with van der Waals surface area (Å²) in [7, 11) is 0. The van der Waals surface area contributed by atoms with E-state index in [1.165, 1.54) is 6.92 Å². The van der Waals surface area contributed by atoms with E-state index >= 15 is 0 Å². The molecular weight excluding hydrogens is 712 g/mol. The number of aliphatic hydroxyl groups excluding tert-OH is 8. The lowest BCUT2D eigenvalue weighted by Crippen LogP contribution is -2.72. The molecule has 55 heavy (non-hydrogen) atoms. The molecule has 1 spiro atoms. The van der Waals surface area contributed by atoms with E-state index in [0.29, 0.717) is 19.4 Å². The molecule has 9 unspecified atom stereocenters. The third kappa shape index (κ3) is 5.44. The molecule has 3 aliphatic heterocycles. The highest BCUT2D eigenvalue weighted by Gasteiger charge is 2.79. The number of rotatable bonds is 6. The minimum atomic E-state index is -1.66. The summed E-state index contributed by atoms with van der Waals surface area (Å²) in [5.74, 6) is 0.424. The molecule has 13 nitrogen and oxygen atoms in total. The van der Waals surface area contributed by atoms with Gasteiger partial charge in [-0.25, -0.2) is 0 Å². The van der Waals surface area contributed by atoms with E-state index in [-0.39, 0.29) is 51.4 Å². The standard InChI is InChI=1S/C42H68O13/c1-21-28(46)29(47)31(49)34(52-21)55-33-22(18-43)53-35(32(50)30(33)48)54-27-10-11-37(4)23(38(27,5)19-44)8-12-39(6)24(37)9-13-42-25-16-36(2,3)14-15-41(25,20-51-42)26(45)17-40(39,42)7/h9,13,21-35,43-50H,8,10-12,14-20H2,1-7H3/t21-,22-,23?,24?,25?,26-,27?,28-,29+,30-,31-,32-,33+,34+,35+,37?,38+,39?,40?,41?,42?/m1/s1. The SMILES string of the molecule is C[C@H]1O[C@@H](O[C@@H]2[C@H](O)[C@@H](O)[C@H](OC3CCC4(C)C5C=CC67OCC8(CCC(C)(C)CC86)[C@H](O)CC7(C)C5(C)CCC4[C@]3(C)CO)O[C@@H]2CO)[C@H](O)[C@@H](O)[C@@H]1O. The molecular formula is C42H68O13. The quantitative estimate of drug-likeness (QED) is 0.143. The van der Waals surface area contributed by atoms with E-state index in [2.05, 4.69) is 46.8 Å². The van der Waals surface area contributed by atoms with Crippen molar-refractivity contribution in [3.8, 4) is 0 Å². The summed E-state index contributed by atoms with van der Waals surface area (Å²) < 4.78 is 31.1. The van der Waals surface area contributed by atoms with Crippen molar-refractivity contribution in [3.05, 3.63) is 12.2 Å². The Morgan fingerprint density at radius 2 is 1.42 bits per heavy atom. The van der Waals surface area contributed by atoms with Crippen LogP contribution in [0, 0.1) is 50.2 Å². The van der Waals surface area contributed by atoms with Gasteiger partial charge in [-0.3, -0.25) is 0 Å². The molecule has 0 radical (unpaired) electrons. The monoisotopic (exact) mass is 780 g/mol. The van der Waals surface area contributed by atoms with E-state index in [9.17, 15) is 40.9 Å². The molecule has 3 heterocycles. The minimum absolute atomic E-state index is 0.0268. The van der Waals surface area contributed by atoms with Gasteiger partial charge in [0, 0.05) is 22.2 Å². The van der Waals surface area contributed by atoms with Crippen LogP contribution in [0.15, 0.2) is 12.2 Å². The Kier molecular flexibility index (Phi) is 9.95. The summed E-state index contributed by atoms with van der Waals surface area (Å²) in [6, 6.07) is 0. The predicted molar refractivity (Wildman–Crippen MR) is 197 cm³/mol. The van der Waals surface area contributed by atoms with Gasteiger partial charge >= 0.3 is 0 Å². The van der Waals surface area contributed by atoms with Crippen LogP contribution in [0.4, 0.5) is 0 Å². The Morgan fingerprint density at radius 1 is 0.727 bits per heavy atom. The summed E-state index contributed by atoms with van der Waals surface area (Å²) in [5, 5.41) is 87.3. The average Bonchev–Trinajstić information content (AvgIpc) is 3.41. The zero-order valence-corrected chi connectivity index (χ0v) is 33.7. The van der Waals surface area contributed by atoms with Gasteiger partial charge in [-0.1, -0.05) is 53.7 Å². The lowest BCUT2D eigenvalue weighted by molar-refractivity contribution is -0.367. The summed E-state index contributed by atoms with van der Waals surface area (Å²) in [5.41, 5.74) is -1.95. The van der Waals surface area contributed by atoms with Gasteiger partial charge in [0.2, 0.25) is 0 Å². The van der Waals surface area contributed by atoms with Crippen LogP contribution in [0.25, 0.3) is 0 Å². The molecule has 8 N–H and O–H groups in total. The molecule has 0 aromatic carbocycles. The highest BCUT2D eigenvalue weighted by Crippen LogP contribution is 2.79. The maximum absolute atomic E-state index is 12.1. The van der Waals surface area contributed by atoms with Crippen molar-refractivity contribution < 1.29 is 64.5 Å². The first kappa shape index (κ1) is 41.0. The second-order valence-corrected chi connectivity index (χ2v) is 21.0. The van der Waals surface area contributed by atoms with Crippen LogP contribution >= 0.6 is 0 Å². The number of aliphatic hydroxyl groups is 8. The second kappa shape index (κ2) is 13.4. The van der Waals surface area contributed by atoms with Crippen LogP contribution in [0.2, 0.25) is 0 Å². The summed E-state index contributed by atoms with van der Waals surface area (Å²) >= 11 is 0. The van der Waals surface area contributed by atoms with Crippen LogP contribution in [0.1, 0.15) is 99.8 Å². The van der Waals surface area contributed by atoms with Gasteiger partial charge in [0.1, 0.15) is 42.7 Å². The lowest BCUT2D eigenvalue weighted by atomic mass is 9.32. The van der Waals surface area contributed by atoms with Crippen molar-refractivity contribution >= 4 is 0 Å². The normalized spacial score (nSPS) is 59.7. The van der Waals surface area contributed by atoms with Gasteiger partial charge in [-0.2, -0.15) is 0 Å². The smallest absolute Gasteiger partial charge is 0.187 e. The first-order valence-corrected chi connectivity index (χ1v) is 20.9. The van der Waals surface area contributed by atoms with Gasteiger partial charge in [0.25, 0.3) is 0 Å². The van der Waals surface area contributed by atoms with E-state index in [4.69, 9.17) is 23.7 Å². The molecule has 3 saturated heterocycles. The fourth-order valence-electron chi connectivity index (χ4n) is 14.3. The predicted octanol–water partition coefficient (Wildman–Crippen LogP) is 1.78. The third-order valence-electron chi connectivity index (χ3n) is 17.9. The Bertz CT molecular complexity index is 1490. The molecule has 0 aromatic heterocycles. The van der Waals surface area contributed by atoms with Crippen LogP contribution in [-0.2, 0) is 23.7 Å². The summed E-state index contributed by atoms with van der Waals surface area (Å²) in [6.45, 7) is 15.3. The molecule has 13 heteroatoms. The summed E-state index contributed by atoms with van der Waals surface area (Å²) in [6.07, 6.45) is -3.39. The molecule has 8 rings (SSSR count). The molecule has 21 atom stereocenters. The zero-order chi connectivity index (χ0) is 39.9. The maximum Gasteiger partial charge on any atom is 0.187 e. The van der Waals surface area contributed by atoms with Gasteiger partial charge < -0.3 is 64.5 Å². The second-order valence-electron chi connectivity index (χ2n) is 21.0. The van der Waals surface area contributed by atoms with E-state index < -0.39 is 91.2 Å². The lowest BCUT2D eigenvalue weighted by Gasteiger charge is -2.73. The first-order valence-electron chi connectivity index (χ1n) is 20.9. The number of allylic oxidation sites excluding steroid dienone is 1. The first-order chi connectivity index (χ1) is 25.7. The fraction of sp³-hybridized carbons (Fsp3) is 0.952. The number of hydrogen-bond donors (Lipinski definition) is 8. The third-order valence-corrected chi connectivity index (χ3v) is 17.9. The van der Waals surface area contributed by atoms with Crippen LogP contribution in [0.5, 0.6) is 0 Å². The van der Waals surface area contributed by atoms with Gasteiger partial charge in [0.15, 0.2) is 12.6 Å². The van der Waals surface area contributed by atoms with Crippen LogP contribution in [-0.4, -0.2) is 140 Å². The van der Waals surface area contributed by atoms with Crippen LogP contribution < -0.4 is 0 Å². The molecule has 0 amide bonds. The van der Waals surface area contributed by atoms with Crippen molar-refractivity contribution in [2.24, 2.45) is 50.2 Å². The molecule has 7 fully saturated rings. The van der Waals surface area contributed by atoms with Gasteiger partial charge in [-0.15, -0.1) is 0 Å². The minimum Gasteiger partial charge on any atom is -0.396 e. The van der Waals surface area contributed by atoms with Gasteiger partial charge in [-0.05, 0) is 86.4 Å². The highest BCUT2D eigenvalue weighted by atomic mass is 16.7. The van der Waals surface area contributed by atoms with Crippen molar-refractivity contribution in [1.82, 2.24) is 0 Å². The number of fused-ring (bicyclic) bond motifs is 4. The van der Waals surface area contributed by atoms with Crippen LogP contribution in [0.3, 0.4) is 0 Å². The van der Waals surface area contributed by atoms with Crippen molar-refractivity contribution in [2.45, 2.75) is 179 Å². The fourth-order valence-corrected chi connectivity index (χ4v) is 14.3. The van der Waals surface area contributed by atoms with Crippen molar-refractivity contribution in [2.75, 3.05) is 19.8 Å². The van der Waals surface area contributed by atoms with Crippen molar-refractivity contribution in [3.63, 3.8) is 0 Å². The topological polar surface area (TPSA) is 208 Å². The van der Waals surface area contributed by atoms with Gasteiger partial charge in [0.05, 0.1) is 43.7 Å². The Morgan fingerprint density at radius 3 is 2.11 bits per heavy atom. The van der Waals surface area contributed by atoms with E-state index in [1.54, 1.807) is 0 Å². The average molecular weight is 781 g/mol. The zero-order valence-electron chi connectivity index (χ0n) is 33.7. The van der Waals surface area contributed by atoms with Crippen molar-refractivity contribution in [1.29, 1.82) is 0 Å². The largest absolute Gasteiger partial charge is 0.396 e. The highest BCUT2D eigenvalue weighted by molar-refractivity contribution is 5.36.